The van der Waals surface area contributed by atoms with Gasteiger partial charge in [-0.15, -0.1) is 0 Å². The number of benzene rings is 7. The van der Waals surface area contributed by atoms with Crippen molar-refractivity contribution in [2.24, 2.45) is 0 Å². The highest BCUT2D eigenvalue weighted by Crippen LogP contribution is 2.43. The summed E-state index contributed by atoms with van der Waals surface area (Å²) in [5, 5.41) is 8.92. The number of fused-ring (bicyclic) bond motifs is 10. The molecule has 0 bridgehead atoms. The van der Waals surface area contributed by atoms with Crippen molar-refractivity contribution in [2.75, 3.05) is 0 Å². The second-order valence-electron chi connectivity index (χ2n) is 11.9. The van der Waals surface area contributed by atoms with Crippen molar-refractivity contribution >= 4 is 65.4 Å². The second-order valence-corrected chi connectivity index (χ2v) is 11.9. The summed E-state index contributed by atoms with van der Waals surface area (Å²) in [4.78, 5) is 5.31. The van der Waals surface area contributed by atoms with E-state index in [4.69, 9.17) is 13.8 Å². The Hall–Kier alpha value is -6.19. The van der Waals surface area contributed by atoms with E-state index >= 15 is 0 Å². The topological polar surface area (TPSA) is 39.2 Å². The molecular weight excluding hydrogens is 562 g/mol. The molecule has 3 aromatic heterocycles. The molecule has 3 nitrogen and oxygen atoms in total. The molecule has 3 heterocycles. The second kappa shape index (κ2) is 9.65. The lowest BCUT2D eigenvalue weighted by atomic mass is 9.93. The fourth-order valence-corrected chi connectivity index (χ4v) is 7.14. The molecule has 0 amide bonds. The van der Waals surface area contributed by atoms with E-state index in [0.717, 1.165) is 99.1 Å². The molecule has 7 aromatic carbocycles. The fraction of sp³-hybridized carbons (Fsp3) is 0. The van der Waals surface area contributed by atoms with Gasteiger partial charge in [0.05, 0.1) is 11.4 Å². The van der Waals surface area contributed by atoms with Crippen LogP contribution in [0.1, 0.15) is 0 Å². The minimum Gasteiger partial charge on any atom is -0.455 e. The van der Waals surface area contributed by atoms with Crippen LogP contribution < -0.4 is 0 Å². The van der Waals surface area contributed by atoms with Gasteiger partial charge in [0, 0.05) is 43.4 Å². The normalized spacial score (nSPS) is 11.9. The van der Waals surface area contributed by atoms with Crippen molar-refractivity contribution in [2.45, 2.75) is 0 Å². The lowest BCUT2D eigenvalue weighted by Gasteiger charge is -2.13. The standard InChI is InChI=1S/C43H25NO2/c1-2-11-27(12-3-1)36-24-29(30-16-8-13-28-21-22-33-32-15-6-7-18-38(32)45-43(33)40(28)30)25-37(44-36)34-17-9-19-39-41(34)35-23-20-26-10-4-5-14-31(26)42(35)46-39/h1-25H. The summed E-state index contributed by atoms with van der Waals surface area (Å²) in [5.74, 6) is 0. The fourth-order valence-electron chi connectivity index (χ4n) is 7.14. The maximum absolute atomic E-state index is 6.56. The minimum atomic E-state index is 0.853. The predicted octanol–water partition coefficient (Wildman–Crippen LogP) is 12.2. The third kappa shape index (κ3) is 3.69. The van der Waals surface area contributed by atoms with Gasteiger partial charge < -0.3 is 8.83 Å². The van der Waals surface area contributed by atoms with Gasteiger partial charge in [-0.25, -0.2) is 4.98 Å². The molecule has 0 spiro atoms. The maximum Gasteiger partial charge on any atom is 0.143 e. The molecular formula is C43H25NO2. The molecule has 3 heteroatoms. The number of nitrogens with zero attached hydrogens (tertiary/aromatic N) is 1. The molecule has 46 heavy (non-hydrogen) atoms. The summed E-state index contributed by atoms with van der Waals surface area (Å²) in [6.45, 7) is 0. The molecule has 0 aliphatic rings. The first kappa shape index (κ1) is 25.2. The Balaban J connectivity index is 1.29. The van der Waals surface area contributed by atoms with Crippen molar-refractivity contribution in [1.82, 2.24) is 4.98 Å². The van der Waals surface area contributed by atoms with Gasteiger partial charge >= 0.3 is 0 Å². The molecule has 10 aromatic rings. The van der Waals surface area contributed by atoms with Crippen molar-refractivity contribution in [3.05, 3.63) is 152 Å². The zero-order valence-electron chi connectivity index (χ0n) is 24.7. The van der Waals surface area contributed by atoms with Gasteiger partial charge in [0.1, 0.15) is 22.3 Å². The Morgan fingerprint density at radius 1 is 0.370 bits per heavy atom. The van der Waals surface area contributed by atoms with Gasteiger partial charge in [0.2, 0.25) is 0 Å². The third-order valence-electron chi connectivity index (χ3n) is 9.26. The van der Waals surface area contributed by atoms with E-state index in [-0.39, 0.29) is 0 Å². The van der Waals surface area contributed by atoms with E-state index in [2.05, 4.69) is 133 Å². The molecule has 0 fully saturated rings. The first-order chi connectivity index (χ1) is 22.8. The van der Waals surface area contributed by atoms with Crippen molar-refractivity contribution in [3.63, 3.8) is 0 Å². The van der Waals surface area contributed by atoms with Crippen LogP contribution in [0.25, 0.3) is 99.1 Å². The molecule has 0 atom stereocenters. The molecule has 0 aliphatic heterocycles. The number of hydrogen-bond donors (Lipinski definition) is 0. The minimum absolute atomic E-state index is 0.853. The summed E-state index contributed by atoms with van der Waals surface area (Å²) in [6, 6.07) is 53.0. The Morgan fingerprint density at radius 3 is 1.98 bits per heavy atom. The van der Waals surface area contributed by atoms with Crippen LogP contribution in [-0.4, -0.2) is 4.98 Å². The Kier molecular flexibility index (Phi) is 5.28. The molecule has 0 saturated carbocycles. The van der Waals surface area contributed by atoms with Gasteiger partial charge in [-0.05, 0) is 58.3 Å². The molecule has 0 unspecified atom stereocenters. The Labute approximate surface area is 264 Å². The summed E-state index contributed by atoms with van der Waals surface area (Å²) in [7, 11) is 0. The first-order valence-corrected chi connectivity index (χ1v) is 15.5. The van der Waals surface area contributed by atoms with Gasteiger partial charge in [-0.2, -0.15) is 0 Å². The number of rotatable bonds is 3. The van der Waals surface area contributed by atoms with E-state index < -0.39 is 0 Å². The van der Waals surface area contributed by atoms with Gasteiger partial charge in [0.15, 0.2) is 0 Å². The van der Waals surface area contributed by atoms with Crippen LogP contribution in [0.2, 0.25) is 0 Å². The average Bonchev–Trinajstić information content (AvgIpc) is 3.71. The highest BCUT2D eigenvalue weighted by molar-refractivity contribution is 6.20. The van der Waals surface area contributed by atoms with Crippen LogP contribution in [0.4, 0.5) is 0 Å². The Morgan fingerprint density at radius 2 is 1.04 bits per heavy atom. The van der Waals surface area contributed by atoms with Crippen molar-refractivity contribution in [1.29, 1.82) is 0 Å². The number of hydrogen-bond acceptors (Lipinski definition) is 3. The van der Waals surface area contributed by atoms with E-state index in [1.165, 1.54) is 0 Å². The predicted molar refractivity (Wildman–Crippen MR) is 190 cm³/mol. The smallest absolute Gasteiger partial charge is 0.143 e. The maximum atomic E-state index is 6.56. The van der Waals surface area contributed by atoms with Gasteiger partial charge in [-0.3, -0.25) is 0 Å². The highest BCUT2D eigenvalue weighted by atomic mass is 16.3. The van der Waals surface area contributed by atoms with E-state index in [9.17, 15) is 0 Å². The lowest BCUT2D eigenvalue weighted by molar-refractivity contribution is 0.672. The van der Waals surface area contributed by atoms with Gasteiger partial charge in [-0.1, -0.05) is 115 Å². The number of para-hydroxylation sites is 1. The largest absolute Gasteiger partial charge is 0.455 e. The molecule has 214 valence electrons. The zero-order valence-corrected chi connectivity index (χ0v) is 24.7. The van der Waals surface area contributed by atoms with Crippen LogP contribution in [0, 0.1) is 0 Å². The number of furan rings is 2. The van der Waals surface area contributed by atoms with Crippen molar-refractivity contribution < 1.29 is 8.83 Å². The highest BCUT2D eigenvalue weighted by Gasteiger charge is 2.19. The van der Waals surface area contributed by atoms with Crippen molar-refractivity contribution in [3.8, 4) is 33.6 Å². The molecule has 0 saturated heterocycles. The third-order valence-corrected chi connectivity index (χ3v) is 9.26. The first-order valence-electron chi connectivity index (χ1n) is 15.5. The average molecular weight is 588 g/mol. The summed E-state index contributed by atoms with van der Waals surface area (Å²) < 4.78 is 13.1. The molecule has 0 N–H and O–H groups in total. The summed E-state index contributed by atoms with van der Waals surface area (Å²) >= 11 is 0. The summed E-state index contributed by atoms with van der Waals surface area (Å²) in [6.07, 6.45) is 0. The lowest BCUT2D eigenvalue weighted by Crippen LogP contribution is -1.92. The van der Waals surface area contributed by atoms with Crippen LogP contribution in [0.15, 0.2) is 160 Å². The molecule has 0 aliphatic carbocycles. The Bertz CT molecular complexity index is 2800. The van der Waals surface area contributed by atoms with Crippen LogP contribution in [0.5, 0.6) is 0 Å². The number of pyridine rings is 1. The van der Waals surface area contributed by atoms with E-state index in [1.54, 1.807) is 0 Å². The van der Waals surface area contributed by atoms with E-state index in [1.807, 2.05) is 18.2 Å². The zero-order chi connectivity index (χ0) is 30.2. The number of aromatic nitrogens is 1. The monoisotopic (exact) mass is 587 g/mol. The van der Waals surface area contributed by atoms with Crippen LogP contribution in [-0.2, 0) is 0 Å². The quantitative estimate of drug-likeness (QED) is 0.206. The van der Waals surface area contributed by atoms with E-state index in [0.29, 0.717) is 0 Å². The molecule has 10 rings (SSSR count). The van der Waals surface area contributed by atoms with Crippen LogP contribution >= 0.6 is 0 Å². The molecule has 0 radical (unpaired) electrons. The van der Waals surface area contributed by atoms with Gasteiger partial charge in [0.25, 0.3) is 0 Å². The van der Waals surface area contributed by atoms with Crippen LogP contribution in [0.3, 0.4) is 0 Å². The summed E-state index contributed by atoms with van der Waals surface area (Å²) in [5.41, 5.74) is 9.66. The SMILES string of the molecule is c1ccc(-c2cc(-c3cccc4ccc5c6ccccc6oc5c34)cc(-c3cccc4oc5c6ccccc6ccc5c34)n2)cc1.